The molecular weight excluding hydrogens is 260 g/mol. The van der Waals surface area contributed by atoms with Crippen LogP contribution in [0.1, 0.15) is 30.5 Å². The summed E-state index contributed by atoms with van der Waals surface area (Å²) in [5.74, 6) is 0.787. The number of hydrogen-bond acceptors (Lipinski definition) is 3. The molecule has 2 aromatic rings. The molecule has 1 N–H and O–H groups in total. The first-order valence-electron chi connectivity index (χ1n) is 7.96. The van der Waals surface area contributed by atoms with E-state index in [2.05, 4.69) is 34.6 Å². The molecule has 21 heavy (non-hydrogen) atoms. The Labute approximate surface area is 126 Å². The molecule has 112 valence electrons. The van der Waals surface area contributed by atoms with Gasteiger partial charge in [0.2, 0.25) is 0 Å². The van der Waals surface area contributed by atoms with Crippen molar-refractivity contribution < 1.29 is 4.74 Å². The molecule has 3 nitrogen and oxygen atoms in total. The molecule has 1 unspecified atom stereocenters. The van der Waals surface area contributed by atoms with E-state index in [1.807, 2.05) is 13.0 Å². The zero-order valence-electron chi connectivity index (χ0n) is 12.8. The van der Waals surface area contributed by atoms with Gasteiger partial charge in [0.15, 0.2) is 0 Å². The second-order valence-corrected chi connectivity index (χ2v) is 5.99. The number of ether oxygens (including phenoxy) is 1. The summed E-state index contributed by atoms with van der Waals surface area (Å²) in [5.41, 5.74) is 3.37. The molecule has 1 fully saturated rings. The fourth-order valence-electron chi connectivity index (χ4n) is 3.12. The molecule has 1 atom stereocenters. The van der Waals surface area contributed by atoms with E-state index in [1.165, 1.54) is 30.3 Å². The maximum atomic E-state index is 5.93. The van der Waals surface area contributed by atoms with Gasteiger partial charge in [-0.15, -0.1) is 0 Å². The molecule has 2 heterocycles. The summed E-state index contributed by atoms with van der Waals surface area (Å²) in [4.78, 5) is 4.57. The van der Waals surface area contributed by atoms with Crippen LogP contribution in [0, 0.1) is 12.8 Å². The number of nitrogens with zero attached hydrogens (tertiary/aromatic N) is 1. The van der Waals surface area contributed by atoms with Crippen LogP contribution in [-0.4, -0.2) is 24.7 Å². The second kappa shape index (κ2) is 7.01. The second-order valence-electron chi connectivity index (χ2n) is 5.99. The molecule has 3 rings (SSSR count). The summed E-state index contributed by atoms with van der Waals surface area (Å²) in [6.45, 7) is 5.91. The molecule has 0 aliphatic carbocycles. The number of hydrogen-bond donors (Lipinski definition) is 1. The van der Waals surface area contributed by atoms with Crippen molar-refractivity contribution in [2.24, 2.45) is 5.92 Å². The number of benzene rings is 1. The van der Waals surface area contributed by atoms with Crippen molar-refractivity contribution in [2.45, 2.75) is 32.8 Å². The molecule has 0 saturated carbocycles. The molecule has 1 saturated heterocycles. The Morgan fingerprint density at radius 1 is 1.33 bits per heavy atom. The minimum atomic E-state index is 0.685. The van der Waals surface area contributed by atoms with Crippen LogP contribution in [0.5, 0.6) is 0 Å². The zero-order valence-corrected chi connectivity index (χ0v) is 12.8. The lowest BCUT2D eigenvalue weighted by atomic mass is 9.97. The lowest BCUT2D eigenvalue weighted by Crippen LogP contribution is -2.30. The maximum Gasteiger partial charge on any atom is 0.0724 e. The number of aromatic nitrogens is 1. The van der Waals surface area contributed by atoms with E-state index in [4.69, 9.17) is 4.74 Å². The highest BCUT2D eigenvalue weighted by molar-refractivity contribution is 5.82. The Balaban J connectivity index is 1.57. The van der Waals surface area contributed by atoms with Crippen LogP contribution in [0.2, 0.25) is 0 Å². The average molecular weight is 284 g/mol. The van der Waals surface area contributed by atoms with Crippen LogP contribution in [0.4, 0.5) is 0 Å². The van der Waals surface area contributed by atoms with E-state index in [0.29, 0.717) is 6.61 Å². The van der Waals surface area contributed by atoms with Gasteiger partial charge in [-0.2, -0.15) is 0 Å². The summed E-state index contributed by atoms with van der Waals surface area (Å²) >= 11 is 0. The number of para-hydroxylation sites is 1. The fourth-order valence-corrected chi connectivity index (χ4v) is 3.12. The number of nitrogens with one attached hydrogen (secondary N) is 1. The molecule has 1 aromatic carbocycles. The van der Waals surface area contributed by atoms with Crippen molar-refractivity contribution in [3.05, 3.63) is 41.6 Å². The Hall–Kier alpha value is -1.45. The molecule has 0 radical (unpaired) electrons. The van der Waals surface area contributed by atoms with Gasteiger partial charge in [0.25, 0.3) is 0 Å². The predicted octanol–water partition coefficient (Wildman–Crippen LogP) is 3.45. The monoisotopic (exact) mass is 284 g/mol. The largest absolute Gasteiger partial charge is 0.377 e. The Kier molecular flexibility index (Phi) is 4.84. The minimum Gasteiger partial charge on any atom is -0.377 e. The molecule has 1 aliphatic heterocycles. The third-order valence-electron chi connectivity index (χ3n) is 4.26. The van der Waals surface area contributed by atoms with Crippen molar-refractivity contribution in [2.75, 3.05) is 19.7 Å². The summed E-state index contributed by atoms with van der Waals surface area (Å²) in [6, 6.07) is 10.4. The van der Waals surface area contributed by atoms with Gasteiger partial charge in [-0.05, 0) is 62.9 Å². The van der Waals surface area contributed by atoms with Gasteiger partial charge in [0, 0.05) is 17.7 Å². The Morgan fingerprint density at radius 2 is 2.24 bits per heavy atom. The zero-order chi connectivity index (χ0) is 14.5. The van der Waals surface area contributed by atoms with Gasteiger partial charge in [-0.1, -0.05) is 18.2 Å². The van der Waals surface area contributed by atoms with E-state index in [-0.39, 0.29) is 0 Å². The molecule has 0 amide bonds. The molecular formula is C18H24N2O. The van der Waals surface area contributed by atoms with E-state index < -0.39 is 0 Å². The summed E-state index contributed by atoms with van der Waals surface area (Å²) in [7, 11) is 0. The first kappa shape index (κ1) is 14.5. The first-order valence-corrected chi connectivity index (χ1v) is 7.96. The highest BCUT2D eigenvalue weighted by atomic mass is 16.5. The Morgan fingerprint density at radius 3 is 3.10 bits per heavy atom. The highest BCUT2D eigenvalue weighted by Gasteiger charge is 2.12. The SMILES string of the molecule is Cc1cc(COCCC2CCCNC2)c2ccccc2n1. The number of pyridine rings is 1. The minimum absolute atomic E-state index is 0.685. The summed E-state index contributed by atoms with van der Waals surface area (Å²) in [5, 5.41) is 4.67. The first-order chi connectivity index (χ1) is 10.3. The van der Waals surface area contributed by atoms with Gasteiger partial charge in [-0.25, -0.2) is 0 Å². The van der Waals surface area contributed by atoms with E-state index in [0.717, 1.165) is 36.7 Å². The van der Waals surface area contributed by atoms with Crippen LogP contribution >= 0.6 is 0 Å². The van der Waals surface area contributed by atoms with Crippen molar-refractivity contribution in [1.29, 1.82) is 0 Å². The van der Waals surface area contributed by atoms with Crippen molar-refractivity contribution in [1.82, 2.24) is 10.3 Å². The van der Waals surface area contributed by atoms with Gasteiger partial charge < -0.3 is 10.1 Å². The number of piperidine rings is 1. The number of fused-ring (bicyclic) bond motifs is 1. The van der Waals surface area contributed by atoms with Gasteiger partial charge in [0.05, 0.1) is 12.1 Å². The quantitative estimate of drug-likeness (QED) is 0.854. The summed E-state index contributed by atoms with van der Waals surface area (Å²) in [6.07, 6.45) is 3.81. The molecule has 1 aliphatic rings. The van der Waals surface area contributed by atoms with Crippen LogP contribution in [-0.2, 0) is 11.3 Å². The van der Waals surface area contributed by atoms with E-state index in [9.17, 15) is 0 Å². The molecule has 1 aromatic heterocycles. The predicted molar refractivity (Wildman–Crippen MR) is 86.3 cm³/mol. The van der Waals surface area contributed by atoms with Gasteiger partial charge in [0.1, 0.15) is 0 Å². The average Bonchev–Trinajstić information content (AvgIpc) is 2.52. The Bertz CT molecular complexity index is 591. The van der Waals surface area contributed by atoms with Crippen molar-refractivity contribution in [3.8, 4) is 0 Å². The topological polar surface area (TPSA) is 34.1 Å². The van der Waals surface area contributed by atoms with Crippen LogP contribution in [0.3, 0.4) is 0 Å². The van der Waals surface area contributed by atoms with Crippen molar-refractivity contribution >= 4 is 10.9 Å². The van der Waals surface area contributed by atoms with Crippen LogP contribution in [0.25, 0.3) is 10.9 Å². The lowest BCUT2D eigenvalue weighted by molar-refractivity contribution is 0.104. The number of rotatable bonds is 5. The maximum absolute atomic E-state index is 5.93. The highest BCUT2D eigenvalue weighted by Crippen LogP contribution is 2.19. The van der Waals surface area contributed by atoms with Crippen LogP contribution in [0.15, 0.2) is 30.3 Å². The smallest absolute Gasteiger partial charge is 0.0724 e. The van der Waals surface area contributed by atoms with Gasteiger partial charge >= 0.3 is 0 Å². The van der Waals surface area contributed by atoms with Gasteiger partial charge in [-0.3, -0.25) is 4.98 Å². The molecule has 3 heteroatoms. The summed E-state index contributed by atoms with van der Waals surface area (Å²) < 4.78 is 5.93. The van der Waals surface area contributed by atoms with E-state index >= 15 is 0 Å². The van der Waals surface area contributed by atoms with Crippen LogP contribution < -0.4 is 5.32 Å². The third kappa shape index (κ3) is 3.80. The fraction of sp³-hybridized carbons (Fsp3) is 0.500. The lowest BCUT2D eigenvalue weighted by Gasteiger charge is -2.22. The standard InChI is InChI=1S/C18H24N2O/c1-14-11-16(17-6-2-3-7-18(17)20-14)13-21-10-8-15-5-4-9-19-12-15/h2-3,6-7,11,15,19H,4-5,8-10,12-13H2,1H3. The molecule has 0 bridgehead atoms. The van der Waals surface area contributed by atoms with E-state index in [1.54, 1.807) is 0 Å². The van der Waals surface area contributed by atoms with Crippen molar-refractivity contribution in [3.63, 3.8) is 0 Å². The third-order valence-corrected chi connectivity index (χ3v) is 4.26. The normalized spacial score (nSPS) is 19.0. The molecule has 0 spiro atoms. The number of aryl methyl sites for hydroxylation is 1.